The Kier molecular flexibility index (Phi) is 4.97. The molecule has 2 aromatic carbocycles. The number of hydrogen-bond donors (Lipinski definition) is 2. The second kappa shape index (κ2) is 7.02. The molecule has 3 rings (SSSR count). The maximum atomic E-state index is 13.2. The van der Waals surface area contributed by atoms with E-state index in [-0.39, 0.29) is 10.9 Å². The van der Waals surface area contributed by atoms with Crippen LogP contribution in [-0.4, -0.2) is 11.8 Å². The molecule has 1 aliphatic carbocycles. The summed E-state index contributed by atoms with van der Waals surface area (Å²) in [6.07, 6.45) is 0.945. The Morgan fingerprint density at radius 2 is 1.72 bits per heavy atom. The van der Waals surface area contributed by atoms with Crippen molar-refractivity contribution in [2.45, 2.75) is 19.4 Å². The molecule has 0 atom stereocenters. The zero-order chi connectivity index (χ0) is 18.0. The average Bonchev–Trinajstić information content (AvgIpc) is 3.39. The lowest BCUT2D eigenvalue weighted by Gasteiger charge is -2.16. The van der Waals surface area contributed by atoms with Gasteiger partial charge >= 0.3 is 0 Å². The molecule has 0 aliphatic heterocycles. The Morgan fingerprint density at radius 3 is 2.32 bits per heavy atom. The number of carbonyl (C=O) groups excluding carboxylic acids is 2. The van der Waals surface area contributed by atoms with Crippen molar-refractivity contribution in [3.63, 3.8) is 0 Å². The number of amides is 2. The Hall–Kier alpha value is -2.11. The largest absolute Gasteiger partial charge is 0.351 e. The highest BCUT2D eigenvalue weighted by Crippen LogP contribution is 2.47. The summed E-state index contributed by atoms with van der Waals surface area (Å²) in [6.45, 7) is 0.313. The van der Waals surface area contributed by atoms with E-state index in [0.29, 0.717) is 30.1 Å². The molecule has 0 spiro atoms. The molecule has 1 aliphatic rings. The standard InChI is InChI=1S/C18H15Cl2FN2O2/c19-12-3-1-11(2-4-12)10-22-16(24)18(7-8-18)17(25)23-13-5-6-15(21)14(20)9-13/h1-6,9H,7-8,10H2,(H,22,24)(H,23,25). The van der Waals surface area contributed by atoms with Crippen LogP contribution < -0.4 is 10.6 Å². The van der Waals surface area contributed by atoms with Gasteiger partial charge < -0.3 is 10.6 Å². The van der Waals surface area contributed by atoms with Gasteiger partial charge in [-0.2, -0.15) is 0 Å². The third kappa shape index (κ3) is 3.94. The normalized spacial score (nSPS) is 14.7. The molecule has 25 heavy (non-hydrogen) atoms. The molecule has 1 saturated carbocycles. The van der Waals surface area contributed by atoms with E-state index in [0.717, 1.165) is 11.6 Å². The number of halogens is 3. The molecule has 1 fully saturated rings. The van der Waals surface area contributed by atoms with Gasteiger partial charge in [0.2, 0.25) is 11.8 Å². The first kappa shape index (κ1) is 17.7. The molecule has 0 saturated heterocycles. The summed E-state index contributed by atoms with van der Waals surface area (Å²) in [4.78, 5) is 24.9. The number of benzene rings is 2. The molecule has 0 bridgehead atoms. The average molecular weight is 381 g/mol. The van der Waals surface area contributed by atoms with Gasteiger partial charge in [0.05, 0.1) is 5.02 Å². The van der Waals surface area contributed by atoms with Crippen molar-refractivity contribution in [2.75, 3.05) is 5.32 Å². The quantitative estimate of drug-likeness (QED) is 0.764. The number of carbonyl (C=O) groups is 2. The van der Waals surface area contributed by atoms with E-state index in [1.54, 1.807) is 12.1 Å². The number of rotatable bonds is 5. The second-order valence-electron chi connectivity index (χ2n) is 5.97. The van der Waals surface area contributed by atoms with E-state index >= 15 is 0 Å². The maximum Gasteiger partial charge on any atom is 0.240 e. The summed E-state index contributed by atoms with van der Waals surface area (Å²) in [5.41, 5.74) is 0.167. The maximum absolute atomic E-state index is 13.2. The molecule has 4 nitrogen and oxygen atoms in total. The topological polar surface area (TPSA) is 58.2 Å². The van der Waals surface area contributed by atoms with Crippen LogP contribution in [-0.2, 0) is 16.1 Å². The zero-order valence-electron chi connectivity index (χ0n) is 13.1. The molecular formula is C18H15Cl2FN2O2. The minimum Gasteiger partial charge on any atom is -0.351 e. The smallest absolute Gasteiger partial charge is 0.240 e. The van der Waals surface area contributed by atoms with Gasteiger partial charge in [-0.15, -0.1) is 0 Å². The highest BCUT2D eigenvalue weighted by atomic mass is 35.5. The fourth-order valence-electron chi connectivity index (χ4n) is 2.46. The van der Waals surface area contributed by atoms with Gasteiger partial charge in [0.1, 0.15) is 11.2 Å². The third-order valence-corrected chi connectivity index (χ3v) is 4.70. The van der Waals surface area contributed by atoms with Crippen LogP contribution in [0.25, 0.3) is 0 Å². The van der Waals surface area contributed by atoms with Crippen LogP contribution in [0.2, 0.25) is 10.0 Å². The summed E-state index contributed by atoms with van der Waals surface area (Å²) < 4.78 is 13.2. The molecule has 0 heterocycles. The Labute approximate surface area is 154 Å². The van der Waals surface area contributed by atoms with Gasteiger partial charge in [-0.3, -0.25) is 9.59 Å². The Bertz CT molecular complexity index is 820. The van der Waals surface area contributed by atoms with Crippen LogP contribution in [0.5, 0.6) is 0 Å². The zero-order valence-corrected chi connectivity index (χ0v) is 14.6. The Morgan fingerprint density at radius 1 is 1.04 bits per heavy atom. The van der Waals surface area contributed by atoms with Crippen molar-refractivity contribution < 1.29 is 14.0 Å². The van der Waals surface area contributed by atoms with E-state index in [2.05, 4.69) is 10.6 Å². The molecule has 2 amide bonds. The first-order valence-corrected chi connectivity index (χ1v) is 8.45. The molecule has 0 unspecified atom stereocenters. The highest BCUT2D eigenvalue weighted by molar-refractivity contribution is 6.31. The second-order valence-corrected chi connectivity index (χ2v) is 6.82. The van der Waals surface area contributed by atoms with Crippen molar-refractivity contribution in [2.24, 2.45) is 5.41 Å². The van der Waals surface area contributed by atoms with E-state index in [1.165, 1.54) is 12.1 Å². The summed E-state index contributed by atoms with van der Waals surface area (Å²) in [5, 5.41) is 5.94. The minimum atomic E-state index is -1.08. The molecular weight excluding hydrogens is 366 g/mol. The fourth-order valence-corrected chi connectivity index (χ4v) is 2.77. The van der Waals surface area contributed by atoms with Crippen molar-refractivity contribution in [3.8, 4) is 0 Å². The first-order valence-electron chi connectivity index (χ1n) is 7.70. The van der Waals surface area contributed by atoms with Crippen molar-refractivity contribution >= 4 is 40.7 Å². The van der Waals surface area contributed by atoms with Gasteiger partial charge in [0.25, 0.3) is 0 Å². The highest BCUT2D eigenvalue weighted by Gasteiger charge is 2.56. The first-order chi connectivity index (χ1) is 11.9. The lowest BCUT2D eigenvalue weighted by atomic mass is 10.0. The monoisotopic (exact) mass is 380 g/mol. The summed E-state index contributed by atoms with van der Waals surface area (Å²) >= 11 is 11.5. The number of nitrogens with one attached hydrogen (secondary N) is 2. The molecule has 2 N–H and O–H groups in total. The van der Waals surface area contributed by atoms with Gasteiger partial charge in [-0.1, -0.05) is 35.3 Å². The van der Waals surface area contributed by atoms with Crippen LogP contribution in [0, 0.1) is 11.2 Å². The van der Waals surface area contributed by atoms with Gasteiger partial charge in [0.15, 0.2) is 0 Å². The van der Waals surface area contributed by atoms with E-state index < -0.39 is 17.1 Å². The molecule has 130 valence electrons. The molecule has 7 heteroatoms. The lowest BCUT2D eigenvalue weighted by Crippen LogP contribution is -2.39. The van der Waals surface area contributed by atoms with Crippen LogP contribution in [0.1, 0.15) is 18.4 Å². The fraction of sp³-hybridized carbons (Fsp3) is 0.222. The lowest BCUT2D eigenvalue weighted by molar-refractivity contribution is -0.134. The number of hydrogen-bond acceptors (Lipinski definition) is 2. The van der Waals surface area contributed by atoms with Gasteiger partial charge in [-0.05, 0) is 48.7 Å². The predicted molar refractivity (Wildman–Crippen MR) is 95.0 cm³/mol. The van der Waals surface area contributed by atoms with Crippen LogP contribution in [0.15, 0.2) is 42.5 Å². The van der Waals surface area contributed by atoms with Gasteiger partial charge in [0, 0.05) is 17.3 Å². The Balaban J connectivity index is 1.62. The number of anilines is 1. The summed E-state index contributed by atoms with van der Waals surface area (Å²) in [5.74, 6) is -1.31. The van der Waals surface area contributed by atoms with Crippen LogP contribution >= 0.6 is 23.2 Å². The SMILES string of the molecule is O=C(NCc1ccc(Cl)cc1)C1(C(=O)Nc2ccc(F)c(Cl)c2)CC1. The van der Waals surface area contributed by atoms with Crippen molar-refractivity contribution in [1.29, 1.82) is 0 Å². The van der Waals surface area contributed by atoms with Crippen molar-refractivity contribution in [1.82, 2.24) is 5.32 Å². The minimum absolute atomic E-state index is 0.0881. The van der Waals surface area contributed by atoms with E-state index in [4.69, 9.17) is 23.2 Å². The van der Waals surface area contributed by atoms with E-state index in [9.17, 15) is 14.0 Å². The van der Waals surface area contributed by atoms with Crippen LogP contribution in [0.4, 0.5) is 10.1 Å². The summed E-state index contributed by atoms with van der Waals surface area (Å²) in [6, 6.07) is 11.0. The molecule has 0 aromatic heterocycles. The summed E-state index contributed by atoms with van der Waals surface area (Å²) in [7, 11) is 0. The van der Waals surface area contributed by atoms with Crippen LogP contribution in [0.3, 0.4) is 0 Å². The molecule has 0 radical (unpaired) electrons. The van der Waals surface area contributed by atoms with Gasteiger partial charge in [-0.25, -0.2) is 4.39 Å². The third-order valence-electron chi connectivity index (χ3n) is 4.16. The predicted octanol–water partition coefficient (Wildman–Crippen LogP) is 4.17. The van der Waals surface area contributed by atoms with E-state index in [1.807, 2.05) is 12.1 Å². The molecule has 2 aromatic rings. The van der Waals surface area contributed by atoms with Crippen molar-refractivity contribution in [3.05, 3.63) is 63.9 Å².